The van der Waals surface area contributed by atoms with Crippen LogP contribution in [0.1, 0.15) is 5.56 Å². The summed E-state index contributed by atoms with van der Waals surface area (Å²) in [6.45, 7) is 0. The van der Waals surface area contributed by atoms with E-state index in [2.05, 4.69) is 15.9 Å². The van der Waals surface area contributed by atoms with Crippen LogP contribution < -0.4 is 5.73 Å². The van der Waals surface area contributed by atoms with Crippen molar-refractivity contribution in [2.75, 3.05) is 5.75 Å². The molecular weight excluding hydrogens is 344 g/mol. The van der Waals surface area contributed by atoms with Crippen molar-refractivity contribution in [3.63, 3.8) is 0 Å². The molecule has 0 aliphatic rings. The van der Waals surface area contributed by atoms with Gasteiger partial charge in [0.1, 0.15) is 11.6 Å². The first kappa shape index (κ1) is 15.5. The molecule has 20 heavy (non-hydrogen) atoms. The second kappa shape index (κ2) is 7.20. The van der Waals surface area contributed by atoms with Crippen LogP contribution in [0.15, 0.2) is 51.8 Å². The van der Waals surface area contributed by atoms with Gasteiger partial charge in [-0.05, 0) is 48.4 Å². The minimum atomic E-state index is -0.254. The van der Waals surface area contributed by atoms with Gasteiger partial charge < -0.3 is 5.73 Å². The zero-order valence-corrected chi connectivity index (χ0v) is 13.1. The molecule has 0 saturated heterocycles. The number of benzene rings is 2. The van der Waals surface area contributed by atoms with Crippen LogP contribution in [0.25, 0.3) is 0 Å². The minimum absolute atomic E-state index is 0.152. The van der Waals surface area contributed by atoms with Crippen LogP contribution in [-0.4, -0.2) is 11.8 Å². The molecule has 2 aromatic rings. The van der Waals surface area contributed by atoms with Crippen molar-refractivity contribution >= 4 is 27.7 Å². The molecule has 0 aliphatic heterocycles. The predicted octanol–water partition coefficient (Wildman–Crippen LogP) is 4.39. The summed E-state index contributed by atoms with van der Waals surface area (Å²) in [5.74, 6) is 0.151. The first-order chi connectivity index (χ1) is 9.54. The molecule has 0 bridgehead atoms. The van der Waals surface area contributed by atoms with E-state index in [1.807, 2.05) is 0 Å². The molecule has 0 amide bonds. The maximum absolute atomic E-state index is 13.7. The first-order valence-electron chi connectivity index (χ1n) is 6.12. The third-order valence-corrected chi connectivity index (χ3v) is 4.47. The summed E-state index contributed by atoms with van der Waals surface area (Å²) in [6.07, 6.45) is 0.479. The lowest BCUT2D eigenvalue weighted by atomic mass is 10.1. The molecule has 1 atom stereocenters. The zero-order chi connectivity index (χ0) is 14.5. The Morgan fingerprint density at radius 2 is 1.80 bits per heavy atom. The van der Waals surface area contributed by atoms with Gasteiger partial charge in [-0.15, -0.1) is 11.8 Å². The standard InChI is InChI=1S/C15H14BrF2NS/c16-11-2-1-10(15(18)8-11)7-13(19)9-20-14-5-3-12(17)4-6-14/h1-6,8,13H,7,9,19H2. The van der Waals surface area contributed by atoms with Crippen molar-refractivity contribution in [1.29, 1.82) is 0 Å². The lowest BCUT2D eigenvalue weighted by molar-refractivity contribution is 0.596. The Morgan fingerprint density at radius 1 is 1.10 bits per heavy atom. The molecule has 2 N–H and O–H groups in total. The summed E-state index contributed by atoms with van der Waals surface area (Å²) < 4.78 is 27.2. The molecule has 0 heterocycles. The Balaban J connectivity index is 1.89. The number of rotatable bonds is 5. The van der Waals surface area contributed by atoms with E-state index in [0.717, 1.165) is 4.90 Å². The summed E-state index contributed by atoms with van der Waals surface area (Å²) in [5, 5.41) is 0. The fraction of sp³-hybridized carbons (Fsp3) is 0.200. The van der Waals surface area contributed by atoms with Crippen LogP contribution in [0, 0.1) is 11.6 Å². The summed E-state index contributed by atoms with van der Waals surface area (Å²) in [6, 6.07) is 11.1. The molecule has 2 rings (SSSR count). The number of hydrogen-bond acceptors (Lipinski definition) is 2. The van der Waals surface area contributed by atoms with E-state index in [9.17, 15) is 8.78 Å². The van der Waals surface area contributed by atoms with Gasteiger partial charge in [0.25, 0.3) is 0 Å². The summed E-state index contributed by atoms with van der Waals surface area (Å²) in [4.78, 5) is 0.957. The predicted molar refractivity (Wildman–Crippen MR) is 82.9 cm³/mol. The van der Waals surface area contributed by atoms with Gasteiger partial charge >= 0.3 is 0 Å². The minimum Gasteiger partial charge on any atom is -0.327 e. The number of halogens is 3. The average Bonchev–Trinajstić information content (AvgIpc) is 2.41. The van der Waals surface area contributed by atoms with E-state index in [0.29, 0.717) is 22.2 Å². The largest absolute Gasteiger partial charge is 0.327 e. The molecule has 0 radical (unpaired) electrons. The highest BCUT2D eigenvalue weighted by Crippen LogP contribution is 2.21. The molecule has 1 nitrogen and oxygen atoms in total. The molecule has 0 fully saturated rings. The van der Waals surface area contributed by atoms with Gasteiger partial charge in [0.05, 0.1) is 0 Å². The lowest BCUT2D eigenvalue weighted by Crippen LogP contribution is -2.26. The van der Waals surface area contributed by atoms with Crippen molar-refractivity contribution in [3.8, 4) is 0 Å². The van der Waals surface area contributed by atoms with Crippen LogP contribution in [0.2, 0.25) is 0 Å². The first-order valence-corrected chi connectivity index (χ1v) is 7.90. The van der Waals surface area contributed by atoms with E-state index < -0.39 is 0 Å². The Bertz CT molecular complexity index is 575. The van der Waals surface area contributed by atoms with Gasteiger partial charge in [-0.3, -0.25) is 0 Å². The van der Waals surface area contributed by atoms with Crippen molar-refractivity contribution < 1.29 is 8.78 Å². The molecule has 5 heteroatoms. The van der Waals surface area contributed by atoms with E-state index in [4.69, 9.17) is 5.73 Å². The number of hydrogen-bond donors (Lipinski definition) is 1. The van der Waals surface area contributed by atoms with Gasteiger partial charge in [0.15, 0.2) is 0 Å². The van der Waals surface area contributed by atoms with Gasteiger partial charge in [-0.2, -0.15) is 0 Å². The van der Waals surface area contributed by atoms with E-state index in [1.165, 1.54) is 18.2 Å². The van der Waals surface area contributed by atoms with Crippen LogP contribution in [0.5, 0.6) is 0 Å². The van der Waals surface area contributed by atoms with E-state index >= 15 is 0 Å². The summed E-state index contributed by atoms with van der Waals surface area (Å²) in [7, 11) is 0. The third kappa shape index (κ3) is 4.58. The summed E-state index contributed by atoms with van der Waals surface area (Å²) in [5.41, 5.74) is 6.63. The SMILES string of the molecule is NC(CSc1ccc(F)cc1)Cc1ccc(Br)cc1F. The Morgan fingerprint density at radius 3 is 2.45 bits per heavy atom. The Hall–Kier alpha value is -0.910. The number of nitrogens with two attached hydrogens (primary N) is 1. The number of thioether (sulfide) groups is 1. The molecule has 1 unspecified atom stereocenters. The summed E-state index contributed by atoms with van der Waals surface area (Å²) >= 11 is 4.77. The maximum Gasteiger partial charge on any atom is 0.127 e. The molecule has 0 aliphatic carbocycles. The van der Waals surface area contributed by atoms with E-state index in [-0.39, 0.29) is 17.7 Å². The topological polar surface area (TPSA) is 26.0 Å². The second-order valence-corrected chi connectivity index (χ2v) is 6.47. The monoisotopic (exact) mass is 357 g/mol. The molecule has 106 valence electrons. The maximum atomic E-state index is 13.7. The molecule has 2 aromatic carbocycles. The normalized spacial score (nSPS) is 12.4. The highest BCUT2D eigenvalue weighted by atomic mass is 79.9. The van der Waals surface area contributed by atoms with E-state index in [1.54, 1.807) is 36.0 Å². The van der Waals surface area contributed by atoms with Gasteiger partial charge in [0, 0.05) is 21.2 Å². The van der Waals surface area contributed by atoms with Crippen molar-refractivity contribution in [2.45, 2.75) is 17.4 Å². The highest BCUT2D eigenvalue weighted by Gasteiger charge is 2.09. The Labute approximate surface area is 129 Å². The lowest BCUT2D eigenvalue weighted by Gasteiger charge is -2.12. The quantitative estimate of drug-likeness (QED) is 0.803. The average molecular weight is 358 g/mol. The van der Waals surface area contributed by atoms with Crippen LogP contribution in [0.3, 0.4) is 0 Å². The molecule has 0 saturated carbocycles. The Kier molecular flexibility index (Phi) is 5.57. The van der Waals surface area contributed by atoms with Gasteiger partial charge in [-0.25, -0.2) is 8.78 Å². The van der Waals surface area contributed by atoms with Crippen LogP contribution in [-0.2, 0) is 6.42 Å². The van der Waals surface area contributed by atoms with Crippen molar-refractivity contribution in [2.24, 2.45) is 5.73 Å². The third-order valence-electron chi connectivity index (χ3n) is 2.77. The van der Waals surface area contributed by atoms with Crippen LogP contribution in [0.4, 0.5) is 8.78 Å². The second-order valence-electron chi connectivity index (χ2n) is 4.46. The molecular formula is C15H14BrF2NS. The molecule has 0 aromatic heterocycles. The molecule has 0 spiro atoms. The fourth-order valence-electron chi connectivity index (χ4n) is 1.76. The smallest absolute Gasteiger partial charge is 0.127 e. The van der Waals surface area contributed by atoms with Gasteiger partial charge in [-0.1, -0.05) is 22.0 Å². The van der Waals surface area contributed by atoms with Crippen molar-refractivity contribution in [3.05, 3.63) is 64.1 Å². The highest BCUT2D eigenvalue weighted by molar-refractivity contribution is 9.10. The fourth-order valence-corrected chi connectivity index (χ4v) is 2.95. The van der Waals surface area contributed by atoms with Crippen molar-refractivity contribution in [1.82, 2.24) is 0 Å². The zero-order valence-electron chi connectivity index (χ0n) is 10.7. The van der Waals surface area contributed by atoms with Gasteiger partial charge in [0.2, 0.25) is 0 Å². The van der Waals surface area contributed by atoms with Crippen LogP contribution >= 0.6 is 27.7 Å².